The predicted molar refractivity (Wildman–Crippen MR) is 99.7 cm³/mol. The lowest BCUT2D eigenvalue weighted by Gasteiger charge is -2.33. The highest BCUT2D eigenvalue weighted by molar-refractivity contribution is 7.11. The van der Waals surface area contributed by atoms with E-state index in [1.54, 1.807) is 11.3 Å². The molecule has 4 rings (SSSR count). The fraction of sp³-hybridized carbons (Fsp3) is 0.550. The maximum Gasteiger partial charge on any atom is 0.225 e. The maximum absolute atomic E-state index is 12.7. The second-order valence-electron chi connectivity index (χ2n) is 7.30. The van der Waals surface area contributed by atoms with Crippen LogP contribution in [0.4, 0.5) is 0 Å². The average molecular weight is 356 g/mol. The van der Waals surface area contributed by atoms with Crippen molar-refractivity contribution in [2.24, 2.45) is 5.92 Å². The Morgan fingerprint density at radius 2 is 1.88 bits per heavy atom. The summed E-state index contributed by atoms with van der Waals surface area (Å²) >= 11 is 1.72. The molecule has 1 aromatic carbocycles. The van der Waals surface area contributed by atoms with Crippen molar-refractivity contribution in [3.63, 3.8) is 0 Å². The van der Waals surface area contributed by atoms with Crippen LogP contribution in [0.1, 0.15) is 60.0 Å². The number of likely N-dealkylation sites (tertiary alicyclic amines) is 1. The van der Waals surface area contributed by atoms with Gasteiger partial charge in [0.2, 0.25) is 5.91 Å². The summed E-state index contributed by atoms with van der Waals surface area (Å²) in [6.45, 7) is 1.75. The number of carbonyl (C=O) groups excluding carboxylic acids is 1. The summed E-state index contributed by atoms with van der Waals surface area (Å²) in [5.41, 5.74) is 1.27. The largest absolute Gasteiger partial charge is 0.342 e. The minimum Gasteiger partial charge on any atom is -0.342 e. The van der Waals surface area contributed by atoms with Crippen molar-refractivity contribution in [2.45, 2.75) is 50.9 Å². The minimum atomic E-state index is 0.279. The number of carbonyl (C=O) groups is 1. The van der Waals surface area contributed by atoms with E-state index in [9.17, 15) is 4.79 Å². The first-order valence-electron chi connectivity index (χ1n) is 9.44. The summed E-state index contributed by atoms with van der Waals surface area (Å²) in [6, 6.07) is 10.4. The van der Waals surface area contributed by atoms with Crippen LogP contribution in [0, 0.1) is 5.92 Å². The van der Waals surface area contributed by atoms with Gasteiger partial charge in [-0.15, -0.1) is 21.5 Å². The Kier molecular flexibility index (Phi) is 5.11. The number of amides is 1. The van der Waals surface area contributed by atoms with Gasteiger partial charge in [-0.1, -0.05) is 43.2 Å². The van der Waals surface area contributed by atoms with Crippen LogP contribution in [0.3, 0.4) is 0 Å². The van der Waals surface area contributed by atoms with Crippen LogP contribution in [-0.4, -0.2) is 34.1 Å². The Morgan fingerprint density at radius 1 is 1.08 bits per heavy atom. The molecular formula is C20H25N3OS. The standard InChI is InChI=1S/C20H25N3OS/c24-20(16-9-4-5-10-16)23-12-6-11-17(14-23)19-22-21-18(25-19)13-15-7-2-1-3-8-15/h1-3,7-8,16-17H,4-6,9-14H2. The fourth-order valence-corrected chi connectivity index (χ4v) is 5.09. The number of hydrogen-bond acceptors (Lipinski definition) is 4. The predicted octanol–water partition coefficient (Wildman–Crippen LogP) is 4.03. The first-order chi connectivity index (χ1) is 12.3. The van der Waals surface area contributed by atoms with E-state index in [2.05, 4.69) is 39.4 Å². The average Bonchev–Trinajstić information content (AvgIpc) is 3.34. The highest BCUT2D eigenvalue weighted by Crippen LogP contribution is 2.33. The zero-order valence-corrected chi connectivity index (χ0v) is 15.4. The summed E-state index contributed by atoms with van der Waals surface area (Å²) in [7, 11) is 0. The molecule has 1 aliphatic heterocycles. The maximum atomic E-state index is 12.7. The van der Waals surface area contributed by atoms with E-state index in [1.807, 2.05) is 6.07 Å². The molecule has 1 saturated heterocycles. The molecule has 1 aliphatic carbocycles. The number of aromatic nitrogens is 2. The second kappa shape index (κ2) is 7.65. The molecule has 0 spiro atoms. The molecule has 0 bridgehead atoms. The lowest BCUT2D eigenvalue weighted by atomic mass is 9.96. The summed E-state index contributed by atoms with van der Waals surface area (Å²) in [5.74, 6) is 1.03. The van der Waals surface area contributed by atoms with Gasteiger partial charge in [-0.25, -0.2) is 0 Å². The Bertz CT molecular complexity index is 709. The topological polar surface area (TPSA) is 46.1 Å². The summed E-state index contributed by atoms with van der Waals surface area (Å²) < 4.78 is 0. The van der Waals surface area contributed by atoms with Crippen LogP contribution in [0.15, 0.2) is 30.3 Å². The van der Waals surface area contributed by atoms with Crippen molar-refractivity contribution >= 4 is 17.2 Å². The molecule has 2 heterocycles. The Labute approximate surface area is 153 Å². The third-order valence-electron chi connectivity index (χ3n) is 5.47. The van der Waals surface area contributed by atoms with Crippen molar-refractivity contribution in [1.29, 1.82) is 0 Å². The molecule has 132 valence electrons. The van der Waals surface area contributed by atoms with Crippen LogP contribution in [0.2, 0.25) is 0 Å². The number of hydrogen-bond donors (Lipinski definition) is 0. The second-order valence-corrected chi connectivity index (χ2v) is 8.39. The molecule has 2 aliphatic rings. The quantitative estimate of drug-likeness (QED) is 0.832. The zero-order chi connectivity index (χ0) is 17.1. The van der Waals surface area contributed by atoms with Gasteiger partial charge in [0.15, 0.2) is 0 Å². The van der Waals surface area contributed by atoms with E-state index >= 15 is 0 Å². The normalized spacial score (nSPS) is 21.6. The number of rotatable bonds is 4. The Balaban J connectivity index is 1.40. The van der Waals surface area contributed by atoms with E-state index in [-0.39, 0.29) is 5.92 Å². The van der Waals surface area contributed by atoms with Crippen LogP contribution >= 0.6 is 11.3 Å². The molecule has 0 N–H and O–H groups in total. The van der Waals surface area contributed by atoms with Crippen molar-refractivity contribution in [2.75, 3.05) is 13.1 Å². The molecule has 4 nitrogen and oxygen atoms in total. The number of benzene rings is 1. The van der Waals surface area contributed by atoms with Crippen LogP contribution in [-0.2, 0) is 11.2 Å². The molecule has 25 heavy (non-hydrogen) atoms. The smallest absolute Gasteiger partial charge is 0.225 e. The third-order valence-corrected chi connectivity index (χ3v) is 6.55. The van der Waals surface area contributed by atoms with Gasteiger partial charge >= 0.3 is 0 Å². The molecule has 1 unspecified atom stereocenters. The highest BCUT2D eigenvalue weighted by Gasteiger charge is 2.32. The summed E-state index contributed by atoms with van der Waals surface area (Å²) in [5, 5.41) is 11.0. The van der Waals surface area contributed by atoms with Gasteiger partial charge in [-0.2, -0.15) is 0 Å². The molecule has 2 fully saturated rings. The third kappa shape index (κ3) is 3.92. The Morgan fingerprint density at radius 3 is 2.68 bits per heavy atom. The van der Waals surface area contributed by atoms with Gasteiger partial charge in [0.1, 0.15) is 10.0 Å². The van der Waals surface area contributed by atoms with E-state index in [0.717, 1.165) is 55.2 Å². The lowest BCUT2D eigenvalue weighted by Crippen LogP contribution is -2.41. The molecule has 5 heteroatoms. The van der Waals surface area contributed by atoms with Crippen LogP contribution < -0.4 is 0 Å². The van der Waals surface area contributed by atoms with E-state index in [1.165, 1.54) is 18.4 Å². The molecule has 1 aromatic heterocycles. The first kappa shape index (κ1) is 16.7. The number of nitrogens with zero attached hydrogens (tertiary/aromatic N) is 3. The Hall–Kier alpha value is -1.75. The van der Waals surface area contributed by atoms with E-state index in [4.69, 9.17) is 0 Å². The van der Waals surface area contributed by atoms with Crippen molar-refractivity contribution in [3.05, 3.63) is 45.9 Å². The first-order valence-corrected chi connectivity index (χ1v) is 10.3. The van der Waals surface area contributed by atoms with Gasteiger partial charge in [-0.3, -0.25) is 4.79 Å². The zero-order valence-electron chi connectivity index (χ0n) is 14.6. The number of piperidine rings is 1. The molecule has 2 aromatic rings. The van der Waals surface area contributed by atoms with Gasteiger partial charge in [0.05, 0.1) is 0 Å². The molecule has 1 amide bonds. The molecule has 1 atom stereocenters. The van der Waals surface area contributed by atoms with Gasteiger partial charge in [0.25, 0.3) is 0 Å². The SMILES string of the molecule is O=C(C1CCCC1)N1CCCC(c2nnc(Cc3ccccc3)s2)C1. The molecule has 0 radical (unpaired) electrons. The van der Waals surface area contributed by atoms with Gasteiger partial charge in [-0.05, 0) is 31.2 Å². The molecule has 1 saturated carbocycles. The highest BCUT2D eigenvalue weighted by atomic mass is 32.1. The van der Waals surface area contributed by atoms with Crippen LogP contribution in [0.5, 0.6) is 0 Å². The fourth-order valence-electron chi connectivity index (χ4n) is 4.08. The minimum absolute atomic E-state index is 0.279. The van der Waals surface area contributed by atoms with Gasteiger partial charge in [0, 0.05) is 31.3 Å². The van der Waals surface area contributed by atoms with Crippen molar-refractivity contribution < 1.29 is 4.79 Å². The van der Waals surface area contributed by atoms with E-state index < -0.39 is 0 Å². The lowest BCUT2D eigenvalue weighted by molar-refractivity contribution is -0.136. The van der Waals surface area contributed by atoms with Crippen LogP contribution in [0.25, 0.3) is 0 Å². The van der Waals surface area contributed by atoms with E-state index in [0.29, 0.717) is 11.8 Å². The van der Waals surface area contributed by atoms with Crippen molar-refractivity contribution in [1.82, 2.24) is 15.1 Å². The summed E-state index contributed by atoms with van der Waals surface area (Å²) in [6.07, 6.45) is 7.64. The molecular weight excluding hydrogens is 330 g/mol. The van der Waals surface area contributed by atoms with Gasteiger partial charge < -0.3 is 4.90 Å². The monoisotopic (exact) mass is 355 g/mol. The summed E-state index contributed by atoms with van der Waals surface area (Å²) in [4.78, 5) is 14.8. The van der Waals surface area contributed by atoms with Crippen molar-refractivity contribution in [3.8, 4) is 0 Å².